The Morgan fingerprint density at radius 1 is 1.28 bits per heavy atom. The van der Waals surface area contributed by atoms with Gasteiger partial charge in [-0.25, -0.2) is 0 Å². The Balaban J connectivity index is 1.97. The van der Waals surface area contributed by atoms with Gasteiger partial charge in [0.2, 0.25) is 5.78 Å². The lowest BCUT2D eigenvalue weighted by atomic mass is 9.80. The van der Waals surface area contributed by atoms with Crippen molar-refractivity contribution in [2.24, 2.45) is 17.8 Å². The number of Topliss-reactive ketones (excluding diaryl/α,β-unsaturated/α-hetero) is 3. The zero-order valence-electron chi connectivity index (χ0n) is 14.7. The van der Waals surface area contributed by atoms with Gasteiger partial charge in [0, 0.05) is 49.5 Å². The highest BCUT2D eigenvalue weighted by atomic mass is 16.2. The van der Waals surface area contributed by atoms with Gasteiger partial charge in [0.05, 0.1) is 0 Å². The average Bonchev–Trinajstić information content (AvgIpc) is 2.57. The van der Waals surface area contributed by atoms with Crippen molar-refractivity contribution in [3.63, 3.8) is 0 Å². The van der Waals surface area contributed by atoms with E-state index >= 15 is 0 Å². The molecule has 0 bridgehead atoms. The lowest BCUT2D eigenvalue weighted by Gasteiger charge is -2.24. The van der Waals surface area contributed by atoms with E-state index in [9.17, 15) is 19.2 Å². The molecule has 1 amide bonds. The lowest BCUT2D eigenvalue weighted by Crippen LogP contribution is -2.43. The van der Waals surface area contributed by atoms with Crippen LogP contribution >= 0.6 is 0 Å². The summed E-state index contributed by atoms with van der Waals surface area (Å²) in [6.45, 7) is 4.20. The van der Waals surface area contributed by atoms with E-state index in [1.54, 1.807) is 18.3 Å². The van der Waals surface area contributed by atoms with E-state index in [4.69, 9.17) is 0 Å². The molecule has 6 nitrogen and oxygen atoms in total. The number of nitrogens with one attached hydrogen (secondary N) is 1. The first-order valence-corrected chi connectivity index (χ1v) is 8.64. The predicted octanol–water partition coefficient (Wildman–Crippen LogP) is 1.52. The zero-order valence-corrected chi connectivity index (χ0v) is 14.7. The molecule has 2 rings (SSSR count). The summed E-state index contributed by atoms with van der Waals surface area (Å²) >= 11 is 0. The Morgan fingerprint density at radius 2 is 2.04 bits per heavy atom. The van der Waals surface area contributed by atoms with E-state index in [0.717, 1.165) is 0 Å². The monoisotopic (exact) mass is 344 g/mol. The van der Waals surface area contributed by atoms with Crippen LogP contribution in [-0.2, 0) is 25.6 Å². The van der Waals surface area contributed by atoms with E-state index < -0.39 is 23.5 Å². The highest BCUT2D eigenvalue weighted by molar-refractivity contribution is 6.37. The van der Waals surface area contributed by atoms with Crippen LogP contribution in [0.25, 0.3) is 0 Å². The summed E-state index contributed by atoms with van der Waals surface area (Å²) in [4.78, 5) is 52.4. The van der Waals surface area contributed by atoms with Gasteiger partial charge >= 0.3 is 0 Å². The number of nitrogens with zero attached hydrogens (tertiary/aromatic N) is 1. The molecule has 1 aromatic heterocycles. The van der Waals surface area contributed by atoms with E-state index in [1.165, 1.54) is 0 Å². The summed E-state index contributed by atoms with van der Waals surface area (Å²) in [5.41, 5.74) is 0.682. The fourth-order valence-electron chi connectivity index (χ4n) is 3.10. The Bertz CT molecular complexity index is 655. The number of hydrogen-bond acceptors (Lipinski definition) is 5. The van der Waals surface area contributed by atoms with Gasteiger partial charge in [0.15, 0.2) is 0 Å². The first kappa shape index (κ1) is 19.0. The molecule has 6 heteroatoms. The third-order valence-electron chi connectivity index (χ3n) is 4.59. The number of hydrogen-bond donors (Lipinski definition) is 1. The number of rotatable bonds is 8. The van der Waals surface area contributed by atoms with Gasteiger partial charge in [-0.05, 0) is 24.5 Å². The second-order valence-corrected chi connectivity index (χ2v) is 6.87. The van der Waals surface area contributed by atoms with Gasteiger partial charge in [0.25, 0.3) is 5.91 Å². The Hall–Kier alpha value is -2.37. The van der Waals surface area contributed by atoms with Gasteiger partial charge < -0.3 is 5.32 Å². The van der Waals surface area contributed by atoms with E-state index in [0.29, 0.717) is 18.7 Å². The molecule has 1 fully saturated rings. The first-order valence-electron chi connectivity index (χ1n) is 8.64. The molecule has 134 valence electrons. The second-order valence-electron chi connectivity index (χ2n) is 6.87. The van der Waals surface area contributed by atoms with Crippen LogP contribution in [0.4, 0.5) is 0 Å². The minimum atomic E-state index is -0.614. The number of carbonyl (C=O) groups is 4. The molecule has 2 heterocycles. The fourth-order valence-corrected chi connectivity index (χ4v) is 3.10. The molecule has 25 heavy (non-hydrogen) atoms. The van der Waals surface area contributed by atoms with Crippen LogP contribution in [0.15, 0.2) is 24.4 Å². The number of aromatic nitrogens is 1. The van der Waals surface area contributed by atoms with Crippen molar-refractivity contribution in [3.8, 4) is 0 Å². The van der Waals surface area contributed by atoms with Crippen LogP contribution in [0.2, 0.25) is 0 Å². The Kier molecular flexibility index (Phi) is 6.56. The van der Waals surface area contributed by atoms with Crippen molar-refractivity contribution in [3.05, 3.63) is 30.1 Å². The quantitative estimate of drug-likeness (QED) is 0.722. The number of amides is 1. The van der Waals surface area contributed by atoms with Crippen LogP contribution in [0.3, 0.4) is 0 Å². The van der Waals surface area contributed by atoms with Crippen LogP contribution in [-0.4, -0.2) is 34.8 Å². The topological polar surface area (TPSA) is 93.2 Å². The molecule has 0 radical (unpaired) electrons. The number of pyridine rings is 1. The van der Waals surface area contributed by atoms with Crippen molar-refractivity contribution in [2.45, 2.75) is 39.5 Å². The minimum absolute atomic E-state index is 0.00676. The normalized spacial score (nSPS) is 18.8. The standard InChI is InChI=1S/C19H24N2O4/c1-12(2)16(11-15(22)10-14-5-3-4-7-20-14)17(23)9-13-6-8-21-19(25)18(13)24/h3-5,7,12-13,16H,6,8-11H2,1-2H3,(H,21,25). The average molecular weight is 344 g/mol. The molecular weight excluding hydrogens is 320 g/mol. The van der Waals surface area contributed by atoms with Crippen molar-refractivity contribution in [2.75, 3.05) is 6.54 Å². The van der Waals surface area contributed by atoms with E-state index in [2.05, 4.69) is 10.3 Å². The van der Waals surface area contributed by atoms with E-state index in [1.807, 2.05) is 19.9 Å². The maximum absolute atomic E-state index is 12.6. The Morgan fingerprint density at radius 3 is 2.68 bits per heavy atom. The zero-order chi connectivity index (χ0) is 18.4. The highest BCUT2D eigenvalue weighted by Crippen LogP contribution is 2.24. The summed E-state index contributed by atoms with van der Waals surface area (Å²) in [5, 5.41) is 2.49. The fraction of sp³-hybridized carbons (Fsp3) is 0.526. The molecule has 1 aliphatic rings. The minimum Gasteiger partial charge on any atom is -0.349 e. The van der Waals surface area contributed by atoms with Crippen molar-refractivity contribution < 1.29 is 19.2 Å². The van der Waals surface area contributed by atoms with Crippen LogP contribution in [0.1, 0.15) is 38.8 Å². The SMILES string of the molecule is CC(C)C(CC(=O)Cc1ccccn1)C(=O)CC1CCNC(=O)C1=O. The molecule has 1 aliphatic heterocycles. The van der Waals surface area contributed by atoms with Crippen molar-refractivity contribution >= 4 is 23.3 Å². The summed E-state index contributed by atoms with van der Waals surface area (Å²) in [6, 6.07) is 5.38. The van der Waals surface area contributed by atoms with Gasteiger partial charge in [-0.1, -0.05) is 19.9 Å². The molecule has 2 unspecified atom stereocenters. The third kappa shape index (κ3) is 5.31. The molecule has 0 spiro atoms. The lowest BCUT2D eigenvalue weighted by molar-refractivity contribution is -0.143. The van der Waals surface area contributed by atoms with Crippen molar-refractivity contribution in [1.29, 1.82) is 0 Å². The van der Waals surface area contributed by atoms with Crippen LogP contribution in [0, 0.1) is 17.8 Å². The third-order valence-corrected chi connectivity index (χ3v) is 4.59. The molecule has 1 saturated heterocycles. The maximum atomic E-state index is 12.6. The summed E-state index contributed by atoms with van der Waals surface area (Å²) in [6.07, 6.45) is 2.48. The number of carbonyl (C=O) groups excluding carboxylic acids is 4. The molecule has 0 aromatic carbocycles. The summed E-state index contributed by atoms with van der Waals surface area (Å²) < 4.78 is 0. The van der Waals surface area contributed by atoms with Gasteiger partial charge in [-0.3, -0.25) is 24.2 Å². The highest BCUT2D eigenvalue weighted by Gasteiger charge is 2.34. The van der Waals surface area contributed by atoms with Crippen molar-refractivity contribution in [1.82, 2.24) is 10.3 Å². The van der Waals surface area contributed by atoms with Crippen LogP contribution < -0.4 is 5.32 Å². The molecule has 2 atom stereocenters. The van der Waals surface area contributed by atoms with Gasteiger partial charge in [-0.15, -0.1) is 0 Å². The summed E-state index contributed by atoms with van der Waals surface area (Å²) in [7, 11) is 0. The molecule has 1 N–H and O–H groups in total. The second kappa shape index (κ2) is 8.65. The van der Waals surface area contributed by atoms with E-state index in [-0.39, 0.29) is 36.7 Å². The molecular formula is C19H24N2O4. The molecule has 0 aliphatic carbocycles. The first-order chi connectivity index (χ1) is 11.9. The molecule has 0 saturated carbocycles. The maximum Gasteiger partial charge on any atom is 0.287 e. The number of ketones is 3. The molecule has 1 aromatic rings. The largest absolute Gasteiger partial charge is 0.349 e. The Labute approximate surface area is 147 Å². The predicted molar refractivity (Wildman–Crippen MR) is 91.6 cm³/mol. The summed E-state index contributed by atoms with van der Waals surface area (Å²) in [5.74, 6) is -2.30. The van der Waals surface area contributed by atoms with Gasteiger partial charge in [0.1, 0.15) is 11.6 Å². The van der Waals surface area contributed by atoms with Gasteiger partial charge in [-0.2, -0.15) is 0 Å². The number of piperidine rings is 1. The smallest absolute Gasteiger partial charge is 0.287 e. The van der Waals surface area contributed by atoms with Crippen LogP contribution in [0.5, 0.6) is 0 Å².